The first-order valence-corrected chi connectivity index (χ1v) is 9.89. The Kier molecular flexibility index (Phi) is 6.63. The van der Waals surface area contributed by atoms with Gasteiger partial charge in [0.05, 0.1) is 4.90 Å². The summed E-state index contributed by atoms with van der Waals surface area (Å²) in [6.45, 7) is 5.11. The number of hydrogen-bond donors (Lipinski definition) is 2. The predicted molar refractivity (Wildman–Crippen MR) is 102 cm³/mol. The number of sulfonamides is 1. The summed E-state index contributed by atoms with van der Waals surface area (Å²) in [7, 11) is -3.56. The van der Waals surface area contributed by atoms with Crippen molar-refractivity contribution < 1.29 is 17.9 Å². The van der Waals surface area contributed by atoms with Crippen molar-refractivity contribution in [3.63, 3.8) is 0 Å². The van der Waals surface area contributed by atoms with Crippen LogP contribution in [0, 0.1) is 0 Å². The molecule has 2 aromatic rings. The molecule has 0 aliphatic heterocycles. The molecule has 140 valence electrons. The van der Waals surface area contributed by atoms with E-state index in [1.165, 1.54) is 24.3 Å². The minimum atomic E-state index is -3.56. The minimum absolute atomic E-state index is 0.134. The summed E-state index contributed by atoms with van der Waals surface area (Å²) in [5, 5.41) is 3.27. The van der Waals surface area contributed by atoms with E-state index in [0.717, 1.165) is 0 Å². The van der Waals surface area contributed by atoms with Crippen molar-refractivity contribution in [2.24, 2.45) is 0 Å². The number of ether oxygens (including phenoxy) is 1. The fourth-order valence-electron chi connectivity index (χ4n) is 2.11. The van der Waals surface area contributed by atoms with E-state index in [4.69, 9.17) is 16.3 Å². The number of nitrogens with one attached hydrogen (secondary N) is 2. The number of benzene rings is 2. The molecule has 0 spiro atoms. The van der Waals surface area contributed by atoms with Crippen molar-refractivity contribution in [2.75, 3.05) is 5.32 Å². The molecule has 2 aromatic carbocycles. The van der Waals surface area contributed by atoms with Crippen LogP contribution in [0.5, 0.6) is 5.75 Å². The highest BCUT2D eigenvalue weighted by Gasteiger charge is 2.17. The first-order chi connectivity index (χ1) is 12.2. The summed E-state index contributed by atoms with van der Waals surface area (Å²) >= 11 is 5.81. The summed E-state index contributed by atoms with van der Waals surface area (Å²) < 4.78 is 32.2. The summed E-state index contributed by atoms with van der Waals surface area (Å²) in [5.41, 5.74) is 0.477. The van der Waals surface area contributed by atoms with Gasteiger partial charge in [0, 0.05) is 16.8 Å². The smallest absolute Gasteiger partial charge is 0.265 e. The lowest BCUT2D eigenvalue weighted by Crippen LogP contribution is -2.31. The molecule has 0 saturated heterocycles. The highest BCUT2D eigenvalue weighted by Crippen LogP contribution is 2.18. The molecular weight excluding hydrogens is 376 g/mol. The normalized spacial score (nSPS) is 12.7. The molecule has 6 nitrogen and oxygen atoms in total. The van der Waals surface area contributed by atoms with Gasteiger partial charge in [0.15, 0.2) is 6.10 Å². The zero-order chi connectivity index (χ0) is 19.3. The van der Waals surface area contributed by atoms with Crippen molar-refractivity contribution >= 4 is 33.2 Å². The Morgan fingerprint density at radius 3 is 2.12 bits per heavy atom. The Morgan fingerprint density at radius 1 is 1.00 bits per heavy atom. The zero-order valence-corrected chi connectivity index (χ0v) is 16.3. The Hall–Kier alpha value is -2.09. The van der Waals surface area contributed by atoms with Crippen molar-refractivity contribution in [3.05, 3.63) is 53.6 Å². The van der Waals surface area contributed by atoms with E-state index in [2.05, 4.69) is 10.0 Å². The fraction of sp³-hybridized carbons (Fsp3) is 0.278. The molecule has 0 aliphatic rings. The van der Waals surface area contributed by atoms with Crippen LogP contribution >= 0.6 is 11.6 Å². The van der Waals surface area contributed by atoms with E-state index in [1.807, 2.05) is 0 Å². The van der Waals surface area contributed by atoms with E-state index in [9.17, 15) is 13.2 Å². The number of rotatable bonds is 7. The Bertz CT molecular complexity index is 850. The number of anilines is 1. The summed E-state index contributed by atoms with van der Waals surface area (Å²) in [6, 6.07) is 12.4. The number of amides is 1. The first-order valence-electron chi connectivity index (χ1n) is 8.03. The highest BCUT2D eigenvalue weighted by molar-refractivity contribution is 7.89. The van der Waals surface area contributed by atoms with Gasteiger partial charge in [-0.3, -0.25) is 4.79 Å². The zero-order valence-electron chi connectivity index (χ0n) is 14.7. The standard InChI is InChI=1S/C18H21ClN2O4S/c1-12(2)21-26(23,24)17-10-6-15(7-11-17)20-18(22)13(3)25-16-8-4-14(19)5-9-16/h4-13,21H,1-3H3,(H,20,22)/t13-/m1/s1. The molecule has 0 heterocycles. The quantitative estimate of drug-likeness (QED) is 0.750. The van der Waals surface area contributed by atoms with Gasteiger partial charge in [0.1, 0.15) is 5.75 Å². The van der Waals surface area contributed by atoms with Crippen molar-refractivity contribution in [2.45, 2.75) is 37.8 Å². The molecule has 0 unspecified atom stereocenters. The van der Waals surface area contributed by atoms with E-state index >= 15 is 0 Å². The number of halogens is 1. The number of carbonyl (C=O) groups is 1. The highest BCUT2D eigenvalue weighted by atomic mass is 35.5. The molecule has 1 amide bonds. The second kappa shape index (κ2) is 8.53. The number of carbonyl (C=O) groups excluding carboxylic acids is 1. The number of hydrogen-bond acceptors (Lipinski definition) is 4. The first kappa shape index (κ1) is 20.2. The van der Waals surface area contributed by atoms with Gasteiger partial charge in [-0.2, -0.15) is 0 Å². The van der Waals surface area contributed by atoms with Gasteiger partial charge in [0.2, 0.25) is 10.0 Å². The van der Waals surface area contributed by atoms with Crippen LogP contribution in [0.15, 0.2) is 53.4 Å². The average molecular weight is 397 g/mol. The topological polar surface area (TPSA) is 84.5 Å². The Balaban J connectivity index is 1.99. The molecule has 0 radical (unpaired) electrons. The maximum Gasteiger partial charge on any atom is 0.265 e. The third-order valence-electron chi connectivity index (χ3n) is 3.32. The second-order valence-corrected chi connectivity index (χ2v) is 8.15. The van der Waals surface area contributed by atoms with Crippen LogP contribution < -0.4 is 14.8 Å². The minimum Gasteiger partial charge on any atom is -0.481 e. The molecule has 2 N–H and O–H groups in total. The van der Waals surface area contributed by atoms with Crippen LogP contribution in [0.3, 0.4) is 0 Å². The summed E-state index contributed by atoms with van der Waals surface area (Å²) in [5.74, 6) is 0.175. The lowest BCUT2D eigenvalue weighted by Gasteiger charge is -2.15. The van der Waals surface area contributed by atoms with Crippen LogP contribution in [0.1, 0.15) is 20.8 Å². The molecule has 0 fully saturated rings. The van der Waals surface area contributed by atoms with Gasteiger partial charge in [-0.05, 0) is 69.3 Å². The van der Waals surface area contributed by atoms with Gasteiger partial charge < -0.3 is 10.1 Å². The maximum absolute atomic E-state index is 12.2. The van der Waals surface area contributed by atoms with Gasteiger partial charge in [0.25, 0.3) is 5.91 Å². The summed E-state index contributed by atoms with van der Waals surface area (Å²) in [4.78, 5) is 12.4. The molecule has 0 bridgehead atoms. The van der Waals surface area contributed by atoms with Crippen LogP contribution in [0.4, 0.5) is 5.69 Å². The second-order valence-electron chi connectivity index (χ2n) is 6.00. The maximum atomic E-state index is 12.2. The van der Waals surface area contributed by atoms with Gasteiger partial charge in [-0.25, -0.2) is 13.1 Å². The van der Waals surface area contributed by atoms with Crippen LogP contribution in [0.2, 0.25) is 5.02 Å². The van der Waals surface area contributed by atoms with E-state index in [1.54, 1.807) is 45.0 Å². The van der Waals surface area contributed by atoms with Crippen molar-refractivity contribution in [1.29, 1.82) is 0 Å². The summed E-state index contributed by atoms with van der Waals surface area (Å²) in [6.07, 6.45) is -0.734. The van der Waals surface area contributed by atoms with Crippen molar-refractivity contribution in [1.82, 2.24) is 4.72 Å². The van der Waals surface area contributed by atoms with Crippen LogP contribution in [-0.4, -0.2) is 26.5 Å². The SMILES string of the molecule is CC(C)NS(=O)(=O)c1ccc(NC(=O)[C@@H](C)Oc2ccc(Cl)cc2)cc1. The molecule has 0 aliphatic carbocycles. The molecule has 2 rings (SSSR count). The predicted octanol–water partition coefficient (Wildman–Crippen LogP) is 3.43. The molecular formula is C18H21ClN2O4S. The van der Waals surface area contributed by atoms with Crippen molar-refractivity contribution in [3.8, 4) is 5.75 Å². The van der Waals surface area contributed by atoms with Gasteiger partial charge >= 0.3 is 0 Å². The molecule has 26 heavy (non-hydrogen) atoms. The lowest BCUT2D eigenvalue weighted by molar-refractivity contribution is -0.122. The Morgan fingerprint density at radius 2 is 1.58 bits per heavy atom. The van der Waals surface area contributed by atoms with Crippen LogP contribution in [-0.2, 0) is 14.8 Å². The third-order valence-corrected chi connectivity index (χ3v) is 5.25. The van der Waals surface area contributed by atoms with Gasteiger partial charge in [-0.15, -0.1) is 0 Å². The largest absolute Gasteiger partial charge is 0.481 e. The average Bonchev–Trinajstić information content (AvgIpc) is 2.56. The van der Waals surface area contributed by atoms with E-state index in [0.29, 0.717) is 16.5 Å². The Labute approximate surface area is 158 Å². The lowest BCUT2D eigenvalue weighted by atomic mass is 10.3. The fourth-order valence-corrected chi connectivity index (χ4v) is 3.49. The third kappa shape index (κ3) is 5.72. The molecule has 0 aromatic heterocycles. The monoisotopic (exact) mass is 396 g/mol. The van der Waals surface area contributed by atoms with E-state index < -0.39 is 16.1 Å². The molecule has 8 heteroatoms. The van der Waals surface area contributed by atoms with E-state index in [-0.39, 0.29) is 16.8 Å². The molecule has 1 atom stereocenters. The van der Waals surface area contributed by atoms with Gasteiger partial charge in [-0.1, -0.05) is 11.6 Å². The molecule has 0 saturated carbocycles. The van der Waals surface area contributed by atoms with Crippen LogP contribution in [0.25, 0.3) is 0 Å².